The lowest BCUT2D eigenvalue weighted by Gasteiger charge is -2.11. The molecule has 5 aromatic heterocycles. The molecule has 0 aliphatic carbocycles. The number of rotatable bonds is 3. The summed E-state index contributed by atoms with van der Waals surface area (Å²) in [6.07, 6.45) is 1.98. The Balaban J connectivity index is 1.08. The molecule has 5 heterocycles. The summed E-state index contributed by atoms with van der Waals surface area (Å²) in [6, 6.07) is 57.8. The average Bonchev–Trinajstić information content (AvgIpc) is 3.94. The lowest BCUT2D eigenvalue weighted by Crippen LogP contribution is -1.97. The zero-order valence-corrected chi connectivity index (χ0v) is 29.6. The summed E-state index contributed by atoms with van der Waals surface area (Å²) in [6.45, 7) is 2.16. The highest BCUT2D eigenvalue weighted by Gasteiger charge is 2.20. The molecular weight excluding hydrogens is 665 g/mol. The van der Waals surface area contributed by atoms with Gasteiger partial charge in [-0.2, -0.15) is 0 Å². The summed E-state index contributed by atoms with van der Waals surface area (Å²) in [7, 11) is 0. The van der Waals surface area contributed by atoms with Gasteiger partial charge in [-0.15, -0.1) is 11.3 Å². The molecule has 53 heavy (non-hydrogen) atoms. The molecule has 0 amide bonds. The Labute approximate surface area is 308 Å². The smallest absolute Gasteiger partial charge is 0.155 e. The minimum absolute atomic E-state index is 0.983. The summed E-state index contributed by atoms with van der Waals surface area (Å²) in [5.74, 6) is 0.983. The van der Waals surface area contributed by atoms with Crippen molar-refractivity contribution >= 4 is 96.9 Å². The van der Waals surface area contributed by atoms with Gasteiger partial charge in [0.25, 0.3) is 0 Å². The van der Waals surface area contributed by atoms with E-state index in [9.17, 15) is 0 Å². The lowest BCUT2D eigenvalue weighted by molar-refractivity contribution is 1.10. The van der Waals surface area contributed by atoms with Crippen molar-refractivity contribution in [2.45, 2.75) is 6.92 Å². The van der Waals surface area contributed by atoms with Crippen LogP contribution in [0.3, 0.4) is 0 Å². The molecule has 0 unspecified atom stereocenters. The second kappa shape index (κ2) is 10.7. The summed E-state index contributed by atoms with van der Waals surface area (Å²) < 4.78 is 9.65. The zero-order chi connectivity index (χ0) is 34.8. The van der Waals surface area contributed by atoms with E-state index in [1.165, 1.54) is 91.2 Å². The van der Waals surface area contributed by atoms with E-state index in [0.29, 0.717) is 0 Å². The Kier molecular flexibility index (Phi) is 5.83. The van der Waals surface area contributed by atoms with Crippen LogP contribution in [0.25, 0.3) is 103 Å². The molecule has 0 radical (unpaired) electrons. The number of aromatic nitrogens is 4. The highest BCUT2D eigenvalue weighted by atomic mass is 32.1. The third-order valence-electron chi connectivity index (χ3n) is 11.1. The van der Waals surface area contributed by atoms with Crippen molar-refractivity contribution < 1.29 is 0 Å². The van der Waals surface area contributed by atoms with E-state index in [0.717, 1.165) is 17.2 Å². The molecule has 12 rings (SSSR count). The maximum absolute atomic E-state index is 5.06. The van der Waals surface area contributed by atoms with Crippen molar-refractivity contribution in [2.75, 3.05) is 0 Å². The second-order valence-corrected chi connectivity index (χ2v) is 15.1. The fraction of sp³-hybridized carbons (Fsp3) is 0.0208. The third-order valence-corrected chi connectivity index (χ3v) is 12.3. The highest BCUT2D eigenvalue weighted by molar-refractivity contribution is 7.26. The molecule has 0 atom stereocenters. The van der Waals surface area contributed by atoms with Crippen molar-refractivity contribution in [3.63, 3.8) is 0 Å². The zero-order valence-electron chi connectivity index (χ0n) is 28.8. The summed E-state index contributed by atoms with van der Waals surface area (Å²) in [5, 5.41) is 10.00. The van der Waals surface area contributed by atoms with Gasteiger partial charge in [0.15, 0.2) is 5.82 Å². The van der Waals surface area contributed by atoms with Crippen molar-refractivity contribution in [3.05, 3.63) is 169 Å². The fourth-order valence-corrected chi connectivity index (χ4v) is 10.0. The van der Waals surface area contributed by atoms with Crippen molar-refractivity contribution in [1.82, 2.24) is 18.7 Å². The number of nitrogens with zero attached hydrogens (tertiary/aromatic N) is 4. The summed E-state index contributed by atoms with van der Waals surface area (Å²) in [4.78, 5) is 5.06. The van der Waals surface area contributed by atoms with Crippen molar-refractivity contribution in [1.29, 1.82) is 0 Å². The average molecular weight is 695 g/mol. The molecule has 12 aromatic rings. The maximum Gasteiger partial charge on any atom is 0.155 e. The van der Waals surface area contributed by atoms with Gasteiger partial charge in [-0.05, 0) is 85.3 Å². The summed E-state index contributed by atoms with van der Waals surface area (Å²) in [5.41, 5.74) is 10.8. The van der Waals surface area contributed by atoms with Crippen LogP contribution < -0.4 is 0 Å². The summed E-state index contributed by atoms with van der Waals surface area (Å²) >= 11 is 1.83. The predicted molar refractivity (Wildman–Crippen MR) is 225 cm³/mol. The number of pyridine rings is 1. The maximum atomic E-state index is 5.06. The predicted octanol–water partition coefficient (Wildman–Crippen LogP) is 13.0. The molecule has 0 fully saturated rings. The van der Waals surface area contributed by atoms with E-state index >= 15 is 0 Å². The lowest BCUT2D eigenvalue weighted by atomic mass is 10.1. The molecule has 0 aliphatic heterocycles. The van der Waals surface area contributed by atoms with Gasteiger partial charge in [0.05, 0.1) is 37.8 Å². The van der Waals surface area contributed by atoms with Gasteiger partial charge in [0, 0.05) is 65.4 Å². The molecule has 0 N–H and O–H groups in total. The molecular formula is C48H30N4S. The molecule has 0 spiro atoms. The van der Waals surface area contributed by atoms with E-state index in [1.807, 2.05) is 17.5 Å². The fourth-order valence-electron chi connectivity index (χ4n) is 8.86. The van der Waals surface area contributed by atoms with Crippen LogP contribution >= 0.6 is 11.3 Å². The van der Waals surface area contributed by atoms with Gasteiger partial charge in [-0.1, -0.05) is 84.9 Å². The number of thiophene rings is 1. The Morgan fingerprint density at radius 2 is 0.906 bits per heavy atom. The van der Waals surface area contributed by atoms with Crippen LogP contribution in [-0.4, -0.2) is 18.7 Å². The van der Waals surface area contributed by atoms with Crippen LogP contribution in [0, 0.1) is 6.92 Å². The first-order chi connectivity index (χ1) is 26.2. The largest absolute Gasteiger partial charge is 0.309 e. The number of benzene rings is 7. The van der Waals surface area contributed by atoms with Gasteiger partial charge in [-0.25, -0.2) is 4.98 Å². The monoisotopic (exact) mass is 694 g/mol. The third kappa shape index (κ3) is 3.97. The normalized spacial score (nSPS) is 12.2. The number of aryl methyl sites for hydroxylation is 1. The molecule has 0 saturated heterocycles. The standard InChI is InChI=1S/C48H30N4S/c1-29-18-21-36-34-12-4-9-17-43(34)52(45(36)26-29)48-47-37(24-25-49-48)39-28-31(20-23-46(39)53-47)51-42-16-8-5-13-35(42)38-27-30(19-22-44(38)51)50-40-14-6-2-10-32(40)33-11-3-7-15-41(33)50/h2-28H,1H3. The van der Waals surface area contributed by atoms with Crippen molar-refractivity contribution in [3.8, 4) is 17.2 Å². The SMILES string of the molecule is Cc1ccc2c3ccccc3n(-c3nccc4c3sc3ccc(-n5c6ccccc6c6cc(-n7c8ccccc8c8ccccc87)ccc65)cc34)c2c1. The Bertz CT molecular complexity index is 3430. The van der Waals surface area contributed by atoms with Crippen LogP contribution in [0.1, 0.15) is 5.56 Å². The number of hydrogen-bond acceptors (Lipinski definition) is 2. The molecule has 4 nitrogen and oxygen atoms in total. The Morgan fingerprint density at radius 1 is 0.396 bits per heavy atom. The Morgan fingerprint density at radius 3 is 1.55 bits per heavy atom. The van der Waals surface area contributed by atoms with Gasteiger partial charge < -0.3 is 9.13 Å². The highest BCUT2D eigenvalue weighted by Crippen LogP contribution is 2.42. The first-order valence-electron chi connectivity index (χ1n) is 18.0. The molecule has 0 aliphatic rings. The van der Waals surface area contributed by atoms with Gasteiger partial charge in [0.1, 0.15) is 0 Å². The number of fused-ring (bicyclic) bond motifs is 12. The first kappa shape index (κ1) is 28.9. The molecule has 5 heteroatoms. The second-order valence-electron chi connectivity index (χ2n) is 14.1. The molecule has 0 saturated carbocycles. The Hall–Kier alpha value is -6.69. The van der Waals surface area contributed by atoms with E-state index in [4.69, 9.17) is 4.98 Å². The minimum atomic E-state index is 0.983. The molecule has 0 bridgehead atoms. The number of para-hydroxylation sites is 4. The molecule has 248 valence electrons. The van der Waals surface area contributed by atoms with Gasteiger partial charge >= 0.3 is 0 Å². The minimum Gasteiger partial charge on any atom is -0.309 e. The van der Waals surface area contributed by atoms with E-state index in [1.54, 1.807) is 0 Å². The van der Waals surface area contributed by atoms with Gasteiger partial charge in [0.2, 0.25) is 0 Å². The van der Waals surface area contributed by atoms with Crippen LogP contribution in [0.4, 0.5) is 0 Å². The quantitative estimate of drug-likeness (QED) is 0.181. The van der Waals surface area contributed by atoms with Crippen molar-refractivity contribution in [2.24, 2.45) is 0 Å². The van der Waals surface area contributed by atoms with E-state index in [-0.39, 0.29) is 0 Å². The first-order valence-corrected chi connectivity index (χ1v) is 18.9. The van der Waals surface area contributed by atoms with E-state index in [2.05, 4.69) is 178 Å². The van der Waals surface area contributed by atoms with Gasteiger partial charge in [-0.3, -0.25) is 4.57 Å². The van der Waals surface area contributed by atoms with Crippen LogP contribution in [0.5, 0.6) is 0 Å². The number of hydrogen-bond donors (Lipinski definition) is 0. The molecule has 7 aromatic carbocycles. The van der Waals surface area contributed by atoms with E-state index < -0.39 is 0 Å². The van der Waals surface area contributed by atoms with Crippen LogP contribution in [-0.2, 0) is 0 Å². The van der Waals surface area contributed by atoms with Crippen LogP contribution in [0.2, 0.25) is 0 Å². The topological polar surface area (TPSA) is 27.7 Å². The van der Waals surface area contributed by atoms with Crippen LogP contribution in [0.15, 0.2) is 164 Å².